The van der Waals surface area contributed by atoms with Gasteiger partial charge in [-0.25, -0.2) is 4.79 Å². The van der Waals surface area contributed by atoms with E-state index in [9.17, 15) is 14.8 Å². The van der Waals surface area contributed by atoms with E-state index in [-0.39, 0.29) is 18.1 Å². The van der Waals surface area contributed by atoms with Gasteiger partial charge in [-0.2, -0.15) is 0 Å². The molecule has 0 bridgehead atoms. The number of aliphatic carboxylic acids is 1. The largest absolute Gasteiger partial charge is 0.569 e. The molecule has 1 N–H and O–H groups in total. The average molecular weight is 319 g/mol. The Morgan fingerprint density at radius 3 is 2.59 bits per heavy atom. The molecule has 1 heterocycles. The van der Waals surface area contributed by atoms with E-state index < -0.39 is 29.9 Å². The molecular weight excluding hydrogens is 298 g/mol. The number of hydrazine groups is 1. The van der Waals surface area contributed by atoms with Gasteiger partial charge in [-0.05, 0) is 27.2 Å². The smallest absolute Gasteiger partial charge is 0.511 e. The molecule has 0 radical (unpaired) electrons. The standard InChI is InChI=1S/C12H21N3O7/c1-8(20-11(18)21-12(2,3)4)22-13-15(19)14-6-5-9(7-14)10(16)17/h8-9H,5-7H2,1-4H3,(H,16,17)/b15-13-. The minimum Gasteiger partial charge on any atom is -0.569 e. The van der Waals surface area contributed by atoms with Crippen LogP contribution in [0.2, 0.25) is 0 Å². The summed E-state index contributed by atoms with van der Waals surface area (Å²) in [5.41, 5.74) is -0.708. The predicted octanol–water partition coefficient (Wildman–Crippen LogP) is 1.50. The minimum absolute atomic E-state index is 0.0486. The van der Waals surface area contributed by atoms with Crippen LogP contribution in [-0.4, -0.2) is 52.2 Å². The molecule has 0 aliphatic carbocycles. The molecule has 1 fully saturated rings. The Bertz CT molecular complexity index is 446. The van der Waals surface area contributed by atoms with Crippen LogP contribution in [-0.2, 0) is 19.1 Å². The number of carbonyl (C=O) groups is 2. The zero-order valence-corrected chi connectivity index (χ0v) is 13.0. The lowest BCUT2D eigenvalue weighted by molar-refractivity contribution is -0.709. The summed E-state index contributed by atoms with van der Waals surface area (Å²) in [6, 6.07) is 0. The topological polar surface area (TPSA) is 124 Å². The normalized spacial score (nSPS) is 20.5. The molecule has 22 heavy (non-hydrogen) atoms. The lowest BCUT2D eigenvalue weighted by Gasteiger charge is -2.19. The van der Waals surface area contributed by atoms with E-state index in [1.54, 1.807) is 20.8 Å². The molecule has 0 aromatic heterocycles. The van der Waals surface area contributed by atoms with Gasteiger partial charge in [-0.15, -0.1) is 5.01 Å². The van der Waals surface area contributed by atoms with E-state index in [4.69, 9.17) is 19.4 Å². The number of hydrogen-bond acceptors (Lipinski definition) is 7. The first-order chi connectivity index (χ1) is 10.1. The highest BCUT2D eigenvalue weighted by atomic mass is 16.8. The third-order valence-electron chi connectivity index (χ3n) is 2.68. The molecule has 0 saturated carbocycles. The summed E-state index contributed by atoms with van der Waals surface area (Å²) in [6.07, 6.45) is -1.71. The van der Waals surface area contributed by atoms with E-state index >= 15 is 0 Å². The summed E-state index contributed by atoms with van der Waals surface area (Å²) < 4.78 is 9.65. The number of carboxylic acid groups (broad SMARTS) is 1. The van der Waals surface area contributed by atoms with Gasteiger partial charge in [-0.1, -0.05) is 0 Å². The Morgan fingerprint density at radius 2 is 2.09 bits per heavy atom. The highest BCUT2D eigenvalue weighted by Crippen LogP contribution is 2.16. The molecule has 1 aliphatic heterocycles. The van der Waals surface area contributed by atoms with Crippen molar-refractivity contribution in [2.24, 2.45) is 11.2 Å². The van der Waals surface area contributed by atoms with E-state index in [0.29, 0.717) is 6.42 Å². The van der Waals surface area contributed by atoms with Crippen LogP contribution < -0.4 is 0 Å². The molecule has 10 heteroatoms. The first-order valence-corrected chi connectivity index (χ1v) is 6.80. The van der Waals surface area contributed by atoms with E-state index in [0.717, 1.165) is 0 Å². The average Bonchev–Trinajstić information content (AvgIpc) is 2.83. The van der Waals surface area contributed by atoms with Gasteiger partial charge in [0.25, 0.3) is 6.29 Å². The van der Waals surface area contributed by atoms with Crippen LogP contribution in [0.15, 0.2) is 5.28 Å². The second kappa shape index (κ2) is 7.14. The fraction of sp³-hybridized carbons (Fsp3) is 0.833. The molecule has 1 aliphatic rings. The molecule has 0 aromatic rings. The molecule has 0 amide bonds. The Balaban J connectivity index is 2.40. The van der Waals surface area contributed by atoms with Crippen LogP contribution >= 0.6 is 0 Å². The molecule has 2 unspecified atom stereocenters. The lowest BCUT2D eigenvalue weighted by atomic mass is 10.1. The van der Waals surface area contributed by atoms with Gasteiger partial charge in [0, 0.05) is 6.92 Å². The Kier molecular flexibility index (Phi) is 5.77. The molecule has 1 saturated heterocycles. The number of ether oxygens (including phenoxy) is 2. The molecule has 0 spiro atoms. The summed E-state index contributed by atoms with van der Waals surface area (Å²) in [6.45, 7) is 6.70. The maximum Gasteiger partial charge on any atom is 0.511 e. The zero-order valence-electron chi connectivity index (χ0n) is 13.0. The number of hydrogen-bond donors (Lipinski definition) is 1. The SMILES string of the molecule is CC(O/N=[N+](\[O-])N1CCC(C(=O)O)C1)OC(=O)OC(C)(C)C. The van der Waals surface area contributed by atoms with E-state index in [2.05, 4.69) is 5.28 Å². The van der Waals surface area contributed by atoms with Crippen molar-refractivity contribution >= 4 is 12.1 Å². The maximum absolute atomic E-state index is 11.6. The van der Waals surface area contributed by atoms with E-state index in [1.807, 2.05) is 0 Å². The van der Waals surface area contributed by atoms with Gasteiger partial charge in [0.05, 0.1) is 24.0 Å². The number of rotatable bonds is 5. The van der Waals surface area contributed by atoms with Crippen molar-refractivity contribution in [2.45, 2.75) is 46.0 Å². The van der Waals surface area contributed by atoms with E-state index in [1.165, 1.54) is 11.9 Å². The van der Waals surface area contributed by atoms with Crippen LogP contribution in [0.4, 0.5) is 4.79 Å². The second-order valence-corrected chi connectivity index (χ2v) is 5.83. The van der Waals surface area contributed by atoms with Crippen molar-refractivity contribution in [3.05, 3.63) is 5.21 Å². The zero-order chi connectivity index (χ0) is 16.9. The Labute approximate surface area is 127 Å². The van der Waals surface area contributed by atoms with Gasteiger partial charge in [-0.3, -0.25) is 9.63 Å². The molecule has 1 rings (SSSR count). The Morgan fingerprint density at radius 1 is 1.45 bits per heavy atom. The van der Waals surface area contributed by atoms with Crippen LogP contribution in [0.3, 0.4) is 0 Å². The third kappa shape index (κ3) is 6.02. The van der Waals surface area contributed by atoms with Crippen molar-refractivity contribution in [1.29, 1.82) is 0 Å². The molecule has 0 aromatic carbocycles. The summed E-state index contributed by atoms with van der Waals surface area (Å²) in [5, 5.41) is 24.9. The second-order valence-electron chi connectivity index (χ2n) is 5.83. The summed E-state index contributed by atoms with van der Waals surface area (Å²) >= 11 is 0. The Hall–Kier alpha value is -2.26. The fourth-order valence-electron chi connectivity index (χ4n) is 1.69. The van der Waals surface area contributed by atoms with Gasteiger partial charge < -0.3 is 19.8 Å². The van der Waals surface area contributed by atoms with Gasteiger partial charge in [0.1, 0.15) is 5.60 Å². The summed E-state index contributed by atoms with van der Waals surface area (Å²) in [5.74, 6) is -1.57. The van der Waals surface area contributed by atoms with Crippen molar-refractivity contribution in [3.63, 3.8) is 0 Å². The van der Waals surface area contributed by atoms with Gasteiger partial charge in [0.15, 0.2) is 0 Å². The highest BCUT2D eigenvalue weighted by molar-refractivity contribution is 5.70. The highest BCUT2D eigenvalue weighted by Gasteiger charge is 2.33. The molecule has 2 atom stereocenters. The van der Waals surface area contributed by atoms with Crippen LogP contribution in [0.25, 0.3) is 0 Å². The van der Waals surface area contributed by atoms with Crippen LogP contribution in [0, 0.1) is 11.1 Å². The lowest BCUT2D eigenvalue weighted by Crippen LogP contribution is -2.31. The van der Waals surface area contributed by atoms with Gasteiger partial charge >= 0.3 is 12.1 Å². The third-order valence-corrected chi connectivity index (χ3v) is 2.68. The summed E-state index contributed by atoms with van der Waals surface area (Å²) in [4.78, 5) is 27.0. The molecule has 10 nitrogen and oxygen atoms in total. The number of carbonyl (C=O) groups excluding carboxylic acids is 1. The number of nitrogens with zero attached hydrogens (tertiary/aromatic N) is 3. The first-order valence-electron chi connectivity index (χ1n) is 6.80. The van der Waals surface area contributed by atoms with Crippen LogP contribution in [0.1, 0.15) is 34.1 Å². The maximum atomic E-state index is 11.6. The van der Waals surface area contributed by atoms with Gasteiger partial charge in [0.2, 0.25) is 5.28 Å². The number of carboxylic acids is 1. The molecule has 126 valence electrons. The van der Waals surface area contributed by atoms with Crippen molar-refractivity contribution < 1.29 is 34.0 Å². The monoisotopic (exact) mass is 319 g/mol. The quantitative estimate of drug-likeness (QED) is 0.266. The predicted molar refractivity (Wildman–Crippen MR) is 71.2 cm³/mol. The van der Waals surface area contributed by atoms with Crippen molar-refractivity contribution in [2.75, 3.05) is 13.1 Å². The van der Waals surface area contributed by atoms with Crippen LogP contribution in [0.5, 0.6) is 0 Å². The fourth-order valence-corrected chi connectivity index (χ4v) is 1.69. The molecular formula is C12H21N3O7. The van der Waals surface area contributed by atoms with Crippen molar-refractivity contribution in [1.82, 2.24) is 5.01 Å². The van der Waals surface area contributed by atoms with Crippen molar-refractivity contribution in [3.8, 4) is 0 Å². The first kappa shape index (κ1) is 17.8. The minimum atomic E-state index is -1.12. The summed E-state index contributed by atoms with van der Waals surface area (Å²) in [7, 11) is 0.